The second-order valence-corrected chi connectivity index (χ2v) is 5.62. The Labute approximate surface area is 119 Å². The molecule has 1 heterocycles. The van der Waals surface area contributed by atoms with Crippen LogP contribution in [0.3, 0.4) is 0 Å². The van der Waals surface area contributed by atoms with Crippen LogP contribution >= 0.6 is 0 Å². The predicted octanol–water partition coefficient (Wildman–Crippen LogP) is 2.67. The van der Waals surface area contributed by atoms with Gasteiger partial charge in [0.15, 0.2) is 0 Å². The zero-order valence-corrected chi connectivity index (χ0v) is 11.5. The van der Waals surface area contributed by atoms with Gasteiger partial charge in [-0.25, -0.2) is 0 Å². The summed E-state index contributed by atoms with van der Waals surface area (Å²) in [5, 5.41) is 0. The fourth-order valence-electron chi connectivity index (χ4n) is 3.08. The summed E-state index contributed by atoms with van der Waals surface area (Å²) < 4.78 is 0. The van der Waals surface area contributed by atoms with E-state index >= 15 is 0 Å². The van der Waals surface area contributed by atoms with Crippen molar-refractivity contribution in [3.63, 3.8) is 0 Å². The van der Waals surface area contributed by atoms with Gasteiger partial charge in [-0.3, -0.25) is 9.59 Å². The van der Waals surface area contributed by atoms with Crippen molar-refractivity contribution < 1.29 is 9.59 Å². The lowest BCUT2D eigenvalue weighted by atomic mass is 9.99. The van der Waals surface area contributed by atoms with Crippen molar-refractivity contribution in [1.29, 1.82) is 0 Å². The molecule has 20 heavy (non-hydrogen) atoms. The Balaban J connectivity index is 1.70. The minimum atomic E-state index is -0.0716. The van der Waals surface area contributed by atoms with Gasteiger partial charge < -0.3 is 4.90 Å². The van der Waals surface area contributed by atoms with E-state index in [1.165, 1.54) is 11.1 Å². The van der Waals surface area contributed by atoms with Gasteiger partial charge in [-0.15, -0.1) is 0 Å². The van der Waals surface area contributed by atoms with Crippen LogP contribution in [-0.2, 0) is 9.59 Å². The molecule has 0 bridgehead atoms. The van der Waals surface area contributed by atoms with E-state index in [1.54, 1.807) is 0 Å². The van der Waals surface area contributed by atoms with Gasteiger partial charge in [0.05, 0.1) is 0 Å². The zero-order chi connectivity index (χ0) is 13.9. The third kappa shape index (κ3) is 2.67. The number of carbonyl (C=O) groups is 2. The van der Waals surface area contributed by atoms with Crippen molar-refractivity contribution in [3.8, 4) is 0 Å². The Hall–Kier alpha value is -1.90. The molecule has 1 atom stereocenters. The highest BCUT2D eigenvalue weighted by Gasteiger charge is 2.32. The summed E-state index contributed by atoms with van der Waals surface area (Å²) in [7, 11) is 0. The van der Waals surface area contributed by atoms with Crippen LogP contribution in [0.25, 0.3) is 5.57 Å². The Morgan fingerprint density at radius 1 is 1.20 bits per heavy atom. The summed E-state index contributed by atoms with van der Waals surface area (Å²) in [6.45, 7) is 1.45. The lowest BCUT2D eigenvalue weighted by Gasteiger charge is -2.29. The van der Waals surface area contributed by atoms with Crippen LogP contribution in [0, 0.1) is 5.92 Å². The summed E-state index contributed by atoms with van der Waals surface area (Å²) in [4.78, 5) is 25.7. The van der Waals surface area contributed by atoms with Crippen LogP contribution in [0.2, 0.25) is 0 Å². The van der Waals surface area contributed by atoms with Crippen LogP contribution < -0.4 is 0 Å². The molecule has 1 unspecified atom stereocenters. The number of benzene rings is 1. The van der Waals surface area contributed by atoms with Crippen molar-refractivity contribution >= 4 is 17.3 Å². The SMILES string of the molecule is O=C1CCC(C(=O)N2CCC=C(c3ccccc3)C2)C1. The third-order valence-corrected chi connectivity index (χ3v) is 4.20. The molecular weight excluding hydrogens is 250 g/mol. The van der Waals surface area contributed by atoms with E-state index in [9.17, 15) is 9.59 Å². The van der Waals surface area contributed by atoms with Crippen LogP contribution in [-0.4, -0.2) is 29.7 Å². The first kappa shape index (κ1) is 13.1. The molecule has 3 rings (SSSR count). The van der Waals surface area contributed by atoms with E-state index in [0.29, 0.717) is 19.4 Å². The standard InChI is InChI=1S/C17H19NO2/c19-16-9-8-14(11-16)17(20)18-10-4-7-15(12-18)13-5-2-1-3-6-13/h1-3,5-7,14H,4,8-12H2. The topological polar surface area (TPSA) is 37.4 Å². The van der Waals surface area contributed by atoms with Crippen LogP contribution in [0.4, 0.5) is 0 Å². The van der Waals surface area contributed by atoms with Gasteiger partial charge in [0, 0.05) is 31.8 Å². The smallest absolute Gasteiger partial charge is 0.226 e. The second kappa shape index (κ2) is 5.61. The molecule has 0 spiro atoms. The Morgan fingerprint density at radius 3 is 2.70 bits per heavy atom. The van der Waals surface area contributed by atoms with Gasteiger partial charge >= 0.3 is 0 Å². The van der Waals surface area contributed by atoms with Gasteiger partial charge in [-0.05, 0) is 24.0 Å². The maximum Gasteiger partial charge on any atom is 0.226 e. The van der Waals surface area contributed by atoms with Crippen molar-refractivity contribution in [2.75, 3.05) is 13.1 Å². The van der Waals surface area contributed by atoms with E-state index < -0.39 is 0 Å². The van der Waals surface area contributed by atoms with Crippen molar-refractivity contribution in [3.05, 3.63) is 42.0 Å². The molecule has 3 nitrogen and oxygen atoms in total. The van der Waals surface area contributed by atoms with Crippen molar-refractivity contribution in [1.82, 2.24) is 4.90 Å². The molecule has 1 saturated carbocycles. The average molecular weight is 269 g/mol. The number of ketones is 1. The molecule has 1 amide bonds. The molecular formula is C17H19NO2. The number of hydrogen-bond donors (Lipinski definition) is 0. The fraction of sp³-hybridized carbons (Fsp3) is 0.412. The maximum atomic E-state index is 12.5. The summed E-state index contributed by atoms with van der Waals surface area (Å²) in [6.07, 6.45) is 4.87. The molecule has 2 aliphatic rings. The first-order valence-electron chi connectivity index (χ1n) is 7.29. The number of rotatable bonds is 2. The van der Waals surface area contributed by atoms with Crippen LogP contribution in [0.5, 0.6) is 0 Å². The zero-order valence-electron chi connectivity index (χ0n) is 11.5. The summed E-state index contributed by atoms with van der Waals surface area (Å²) in [5.41, 5.74) is 2.40. The first-order valence-corrected chi connectivity index (χ1v) is 7.29. The normalized spacial score (nSPS) is 22.8. The molecule has 1 aliphatic heterocycles. The van der Waals surface area contributed by atoms with E-state index in [2.05, 4.69) is 18.2 Å². The molecule has 0 aromatic heterocycles. The highest BCUT2D eigenvalue weighted by molar-refractivity contribution is 5.91. The molecule has 1 fully saturated rings. The number of carbonyl (C=O) groups excluding carboxylic acids is 2. The Bertz CT molecular complexity index is 547. The molecule has 1 aromatic carbocycles. The summed E-state index contributed by atoms with van der Waals surface area (Å²) in [5.74, 6) is 0.328. The minimum Gasteiger partial charge on any atom is -0.338 e. The van der Waals surface area contributed by atoms with Gasteiger partial charge in [-0.1, -0.05) is 36.4 Å². The van der Waals surface area contributed by atoms with E-state index in [1.807, 2.05) is 23.1 Å². The lowest BCUT2D eigenvalue weighted by Crippen LogP contribution is -2.39. The van der Waals surface area contributed by atoms with Gasteiger partial charge in [0.25, 0.3) is 0 Å². The molecule has 1 aliphatic carbocycles. The second-order valence-electron chi connectivity index (χ2n) is 5.62. The minimum absolute atomic E-state index is 0.0716. The largest absolute Gasteiger partial charge is 0.338 e. The predicted molar refractivity (Wildman–Crippen MR) is 78.0 cm³/mol. The molecule has 0 saturated heterocycles. The molecule has 104 valence electrons. The lowest BCUT2D eigenvalue weighted by molar-refractivity contribution is -0.135. The first-order chi connectivity index (χ1) is 9.74. The van der Waals surface area contributed by atoms with E-state index in [-0.39, 0.29) is 17.6 Å². The summed E-state index contributed by atoms with van der Waals surface area (Å²) in [6, 6.07) is 10.2. The van der Waals surface area contributed by atoms with E-state index in [0.717, 1.165) is 19.4 Å². The number of Topliss-reactive ketones (excluding diaryl/α,β-unsaturated/α-hetero) is 1. The summed E-state index contributed by atoms with van der Waals surface area (Å²) >= 11 is 0. The monoisotopic (exact) mass is 269 g/mol. The van der Waals surface area contributed by atoms with Gasteiger partial charge in [0.2, 0.25) is 5.91 Å². The fourth-order valence-corrected chi connectivity index (χ4v) is 3.08. The number of amides is 1. The van der Waals surface area contributed by atoms with Crippen LogP contribution in [0.15, 0.2) is 36.4 Å². The van der Waals surface area contributed by atoms with Crippen molar-refractivity contribution in [2.45, 2.75) is 25.7 Å². The molecule has 0 N–H and O–H groups in total. The Morgan fingerprint density at radius 2 is 2.00 bits per heavy atom. The molecule has 3 heteroatoms. The average Bonchev–Trinajstić information content (AvgIpc) is 2.94. The quantitative estimate of drug-likeness (QED) is 0.827. The highest BCUT2D eigenvalue weighted by Crippen LogP contribution is 2.27. The van der Waals surface area contributed by atoms with Crippen LogP contribution in [0.1, 0.15) is 31.2 Å². The number of nitrogens with zero attached hydrogens (tertiary/aromatic N) is 1. The van der Waals surface area contributed by atoms with Gasteiger partial charge in [0.1, 0.15) is 5.78 Å². The molecule has 1 aromatic rings. The molecule has 0 radical (unpaired) electrons. The third-order valence-electron chi connectivity index (χ3n) is 4.20. The van der Waals surface area contributed by atoms with Gasteiger partial charge in [-0.2, -0.15) is 0 Å². The van der Waals surface area contributed by atoms with E-state index in [4.69, 9.17) is 0 Å². The maximum absolute atomic E-state index is 12.5. The Kier molecular flexibility index (Phi) is 3.68. The highest BCUT2D eigenvalue weighted by atomic mass is 16.2. The number of hydrogen-bond acceptors (Lipinski definition) is 2. The van der Waals surface area contributed by atoms with Crippen molar-refractivity contribution in [2.24, 2.45) is 5.92 Å².